The molecule has 0 radical (unpaired) electrons. The van der Waals surface area contributed by atoms with Gasteiger partial charge in [0, 0.05) is 13.6 Å². The molecule has 6 nitrogen and oxygen atoms in total. The second kappa shape index (κ2) is 7.93. The summed E-state index contributed by atoms with van der Waals surface area (Å²) in [6, 6.07) is 0. The van der Waals surface area contributed by atoms with Gasteiger partial charge in [-0.05, 0) is 12.8 Å². The number of halogens is 1. The van der Waals surface area contributed by atoms with Crippen LogP contribution < -0.4 is 11.1 Å². The number of nitrogens with zero attached hydrogens (tertiary/aromatic N) is 1. The van der Waals surface area contributed by atoms with Crippen LogP contribution in [0.5, 0.6) is 0 Å². The van der Waals surface area contributed by atoms with Gasteiger partial charge in [0.25, 0.3) is 0 Å². The number of nitrogens with two attached hydrogens (primary N) is 1. The summed E-state index contributed by atoms with van der Waals surface area (Å²) >= 11 is 0. The van der Waals surface area contributed by atoms with E-state index in [1.54, 1.807) is 0 Å². The van der Waals surface area contributed by atoms with Crippen molar-refractivity contribution in [1.82, 2.24) is 9.62 Å². The second-order valence-electron chi connectivity index (χ2n) is 4.26. The molecule has 1 amide bonds. The molecule has 0 saturated heterocycles. The third kappa shape index (κ3) is 5.99. The summed E-state index contributed by atoms with van der Waals surface area (Å²) < 4.78 is 23.3. The number of nitrogens with one attached hydrogen (secondary N) is 1. The Bertz CT molecular complexity index is 347. The second-order valence-corrected chi connectivity index (χ2v) is 6.35. The molecule has 0 aliphatic rings. The minimum absolute atomic E-state index is 0. The number of likely N-dealkylation sites (N-methyl/N-ethyl adjacent to an activating group) is 1. The molecule has 18 heavy (non-hydrogen) atoms. The average Bonchev–Trinajstić information content (AvgIpc) is 2.24. The van der Waals surface area contributed by atoms with Gasteiger partial charge in [0.1, 0.15) is 0 Å². The molecule has 0 bridgehead atoms. The van der Waals surface area contributed by atoms with E-state index in [0.717, 1.165) is 10.6 Å². The zero-order valence-corrected chi connectivity index (χ0v) is 13.0. The summed E-state index contributed by atoms with van der Waals surface area (Å²) in [4.78, 5) is 11.7. The third-order valence-corrected chi connectivity index (χ3v) is 4.34. The molecule has 0 fully saturated rings. The monoisotopic (exact) mass is 301 g/mol. The van der Waals surface area contributed by atoms with E-state index in [0.29, 0.717) is 19.4 Å². The number of amides is 1. The molecular weight excluding hydrogens is 278 g/mol. The first-order valence-corrected chi connectivity index (χ1v) is 7.48. The van der Waals surface area contributed by atoms with Gasteiger partial charge in [-0.25, -0.2) is 8.42 Å². The Morgan fingerprint density at radius 2 is 1.78 bits per heavy atom. The van der Waals surface area contributed by atoms with Gasteiger partial charge in [-0.2, -0.15) is 4.31 Å². The van der Waals surface area contributed by atoms with E-state index in [-0.39, 0.29) is 24.9 Å². The molecule has 0 aromatic rings. The number of carbonyl (C=O) groups excluding carboxylic acids is 1. The number of hydrogen-bond acceptors (Lipinski definition) is 4. The van der Waals surface area contributed by atoms with Crippen LogP contribution >= 0.6 is 12.4 Å². The van der Waals surface area contributed by atoms with Gasteiger partial charge < -0.3 is 11.1 Å². The Labute approximate surface area is 116 Å². The summed E-state index contributed by atoms with van der Waals surface area (Å²) in [5.41, 5.74) is 5.21. The van der Waals surface area contributed by atoms with Crippen molar-refractivity contribution in [3.8, 4) is 0 Å². The highest BCUT2D eigenvalue weighted by atomic mass is 35.5. The Morgan fingerprint density at radius 1 is 1.33 bits per heavy atom. The maximum Gasteiger partial charge on any atom is 0.235 e. The van der Waals surface area contributed by atoms with E-state index in [9.17, 15) is 13.2 Å². The quantitative estimate of drug-likeness (QED) is 0.688. The Morgan fingerprint density at radius 3 is 2.06 bits per heavy atom. The fourth-order valence-electron chi connectivity index (χ4n) is 1.42. The molecule has 0 aliphatic heterocycles. The van der Waals surface area contributed by atoms with E-state index in [4.69, 9.17) is 5.73 Å². The Balaban J connectivity index is 0. The van der Waals surface area contributed by atoms with Crippen LogP contribution in [0, 0.1) is 0 Å². The van der Waals surface area contributed by atoms with Crippen LogP contribution in [0.1, 0.15) is 26.7 Å². The lowest BCUT2D eigenvalue weighted by Gasteiger charge is -2.32. The van der Waals surface area contributed by atoms with Crippen LogP contribution in [-0.4, -0.2) is 50.6 Å². The maximum absolute atomic E-state index is 11.7. The van der Waals surface area contributed by atoms with Crippen molar-refractivity contribution in [3.63, 3.8) is 0 Å². The van der Waals surface area contributed by atoms with Crippen LogP contribution in [0.3, 0.4) is 0 Å². The van der Waals surface area contributed by atoms with Crippen molar-refractivity contribution >= 4 is 28.3 Å². The Hall–Kier alpha value is -0.370. The minimum Gasteiger partial charge on any atom is -0.348 e. The van der Waals surface area contributed by atoms with Crippen molar-refractivity contribution in [2.24, 2.45) is 5.73 Å². The van der Waals surface area contributed by atoms with Crippen molar-refractivity contribution in [2.75, 3.05) is 26.4 Å². The zero-order valence-electron chi connectivity index (χ0n) is 11.4. The largest absolute Gasteiger partial charge is 0.348 e. The minimum atomic E-state index is -3.33. The molecule has 0 aromatic carbocycles. The predicted octanol–water partition coefficient (Wildman–Crippen LogP) is -0.0667. The summed E-state index contributed by atoms with van der Waals surface area (Å²) in [7, 11) is -1.96. The van der Waals surface area contributed by atoms with Gasteiger partial charge in [0.15, 0.2) is 0 Å². The van der Waals surface area contributed by atoms with Crippen LogP contribution in [-0.2, 0) is 14.8 Å². The van der Waals surface area contributed by atoms with Gasteiger partial charge in [-0.3, -0.25) is 4.79 Å². The fourth-order valence-corrected chi connectivity index (χ4v) is 1.77. The van der Waals surface area contributed by atoms with Crippen LogP contribution in [0.4, 0.5) is 0 Å². The highest BCUT2D eigenvalue weighted by Crippen LogP contribution is 2.13. The predicted molar refractivity (Wildman–Crippen MR) is 75.2 cm³/mol. The molecule has 0 rings (SSSR count). The standard InChI is InChI=1S/C10H23N3O3S.ClH/c1-5-10(6-2,8-11)12-9(14)7-13(3)17(4,15)16;/h5-8,11H2,1-4H3,(H,12,14);1H. The number of hydrogen-bond donors (Lipinski definition) is 2. The lowest BCUT2D eigenvalue weighted by Crippen LogP contribution is -2.55. The fraction of sp³-hybridized carbons (Fsp3) is 0.900. The van der Waals surface area contributed by atoms with Crippen molar-refractivity contribution in [1.29, 1.82) is 0 Å². The smallest absolute Gasteiger partial charge is 0.235 e. The molecule has 0 heterocycles. The summed E-state index contributed by atoms with van der Waals surface area (Å²) in [6.45, 7) is 4.04. The average molecular weight is 302 g/mol. The number of sulfonamides is 1. The van der Waals surface area contributed by atoms with Crippen LogP contribution in [0.25, 0.3) is 0 Å². The summed E-state index contributed by atoms with van der Waals surface area (Å²) in [5.74, 6) is -0.327. The van der Waals surface area contributed by atoms with Crippen molar-refractivity contribution < 1.29 is 13.2 Å². The highest BCUT2D eigenvalue weighted by molar-refractivity contribution is 7.88. The van der Waals surface area contributed by atoms with Gasteiger partial charge in [-0.15, -0.1) is 12.4 Å². The number of carbonyl (C=O) groups is 1. The van der Waals surface area contributed by atoms with Crippen molar-refractivity contribution in [2.45, 2.75) is 32.2 Å². The molecule has 0 atom stereocenters. The normalized spacial score (nSPS) is 12.1. The highest BCUT2D eigenvalue weighted by Gasteiger charge is 2.27. The molecular formula is C10H24ClN3O3S. The van der Waals surface area contributed by atoms with Gasteiger partial charge in [-0.1, -0.05) is 13.8 Å². The van der Waals surface area contributed by atoms with E-state index in [1.807, 2.05) is 13.8 Å². The van der Waals surface area contributed by atoms with Crippen LogP contribution in [0.2, 0.25) is 0 Å². The lowest BCUT2D eigenvalue weighted by molar-refractivity contribution is -0.123. The van der Waals surface area contributed by atoms with Gasteiger partial charge in [0.05, 0.1) is 18.3 Å². The maximum atomic E-state index is 11.7. The molecule has 0 unspecified atom stereocenters. The van der Waals surface area contributed by atoms with Crippen LogP contribution in [0.15, 0.2) is 0 Å². The number of rotatable bonds is 7. The summed E-state index contributed by atoms with van der Waals surface area (Å²) in [5, 5.41) is 2.81. The molecule has 0 spiro atoms. The molecule has 110 valence electrons. The zero-order chi connectivity index (χ0) is 13.7. The SMILES string of the molecule is CCC(CC)(CN)NC(=O)CN(C)S(C)(=O)=O.Cl. The lowest BCUT2D eigenvalue weighted by atomic mass is 9.93. The van der Waals surface area contributed by atoms with E-state index in [1.165, 1.54) is 7.05 Å². The molecule has 0 aromatic heterocycles. The summed E-state index contributed by atoms with van der Waals surface area (Å²) in [6.07, 6.45) is 2.50. The molecule has 0 saturated carbocycles. The van der Waals surface area contributed by atoms with E-state index in [2.05, 4.69) is 5.32 Å². The van der Waals surface area contributed by atoms with E-state index < -0.39 is 15.6 Å². The first-order valence-electron chi connectivity index (χ1n) is 5.63. The van der Waals surface area contributed by atoms with Gasteiger partial charge >= 0.3 is 0 Å². The van der Waals surface area contributed by atoms with Crippen molar-refractivity contribution in [3.05, 3.63) is 0 Å². The third-order valence-electron chi connectivity index (χ3n) is 3.08. The molecule has 0 aliphatic carbocycles. The van der Waals surface area contributed by atoms with E-state index >= 15 is 0 Å². The van der Waals surface area contributed by atoms with Gasteiger partial charge in [0.2, 0.25) is 15.9 Å². The molecule has 8 heteroatoms. The molecule has 3 N–H and O–H groups in total. The first kappa shape index (κ1) is 20.0. The first-order chi connectivity index (χ1) is 7.70. The topological polar surface area (TPSA) is 92.5 Å². The Kier molecular flexibility index (Phi) is 8.80.